The van der Waals surface area contributed by atoms with Gasteiger partial charge in [0.1, 0.15) is 0 Å². The van der Waals surface area contributed by atoms with Gasteiger partial charge >= 0.3 is 0 Å². The maximum absolute atomic E-state index is 11.8. The Bertz CT molecular complexity index is 486. The zero-order chi connectivity index (χ0) is 14.3. The summed E-state index contributed by atoms with van der Waals surface area (Å²) in [6.45, 7) is 4.65. The third kappa shape index (κ3) is 6.56. The molecule has 6 heteroatoms. The van der Waals surface area contributed by atoms with E-state index in [2.05, 4.69) is 10.0 Å². The van der Waals surface area contributed by atoms with Gasteiger partial charge in [-0.3, -0.25) is 4.72 Å². The van der Waals surface area contributed by atoms with E-state index in [-0.39, 0.29) is 18.5 Å². The van der Waals surface area contributed by atoms with E-state index in [9.17, 15) is 8.42 Å². The summed E-state index contributed by atoms with van der Waals surface area (Å²) >= 11 is 0. The average Bonchev–Trinajstić information content (AvgIpc) is 2.28. The molecule has 1 rings (SSSR count). The van der Waals surface area contributed by atoms with Crippen molar-refractivity contribution in [3.63, 3.8) is 0 Å². The predicted octanol–water partition coefficient (Wildman–Crippen LogP) is 1.57. The SMILES string of the molecule is CNCc1cccc(NS(=O)(=O)CCOC(C)C)c1. The van der Waals surface area contributed by atoms with Gasteiger partial charge in [0, 0.05) is 12.2 Å². The first-order valence-electron chi connectivity index (χ1n) is 6.28. The Kier molecular flexibility index (Phi) is 6.27. The van der Waals surface area contributed by atoms with E-state index in [1.807, 2.05) is 39.1 Å². The number of anilines is 1. The molecule has 108 valence electrons. The number of nitrogens with one attached hydrogen (secondary N) is 2. The molecule has 0 aliphatic carbocycles. The molecule has 2 N–H and O–H groups in total. The van der Waals surface area contributed by atoms with Gasteiger partial charge in [-0.1, -0.05) is 12.1 Å². The monoisotopic (exact) mass is 286 g/mol. The molecule has 0 heterocycles. The Morgan fingerprint density at radius 3 is 2.68 bits per heavy atom. The first kappa shape index (κ1) is 15.9. The maximum atomic E-state index is 11.8. The lowest BCUT2D eigenvalue weighted by Crippen LogP contribution is -2.21. The van der Waals surface area contributed by atoms with Gasteiger partial charge in [-0.2, -0.15) is 0 Å². The van der Waals surface area contributed by atoms with Gasteiger partial charge in [-0.25, -0.2) is 8.42 Å². The first-order valence-corrected chi connectivity index (χ1v) is 7.94. The molecule has 0 spiro atoms. The molecule has 0 aliphatic rings. The third-order valence-electron chi connectivity index (χ3n) is 2.38. The Morgan fingerprint density at radius 1 is 1.32 bits per heavy atom. The number of hydrogen-bond donors (Lipinski definition) is 2. The van der Waals surface area contributed by atoms with Crippen LogP contribution in [0.4, 0.5) is 5.69 Å². The van der Waals surface area contributed by atoms with Gasteiger partial charge in [0.05, 0.1) is 18.5 Å². The van der Waals surface area contributed by atoms with E-state index in [1.165, 1.54) is 0 Å². The molecule has 0 radical (unpaired) electrons. The second-order valence-electron chi connectivity index (χ2n) is 4.57. The van der Waals surface area contributed by atoms with E-state index < -0.39 is 10.0 Å². The van der Waals surface area contributed by atoms with Crippen molar-refractivity contribution in [2.45, 2.75) is 26.5 Å². The summed E-state index contributed by atoms with van der Waals surface area (Å²) in [5.41, 5.74) is 1.61. The summed E-state index contributed by atoms with van der Waals surface area (Å²) in [4.78, 5) is 0. The average molecular weight is 286 g/mol. The highest BCUT2D eigenvalue weighted by Gasteiger charge is 2.11. The van der Waals surface area contributed by atoms with E-state index in [0.29, 0.717) is 12.2 Å². The number of rotatable bonds is 8. The zero-order valence-corrected chi connectivity index (χ0v) is 12.5. The van der Waals surface area contributed by atoms with Crippen molar-refractivity contribution in [1.82, 2.24) is 5.32 Å². The fraction of sp³-hybridized carbons (Fsp3) is 0.538. The molecule has 0 fully saturated rings. The highest BCUT2D eigenvalue weighted by atomic mass is 32.2. The lowest BCUT2D eigenvalue weighted by Gasteiger charge is -2.11. The fourth-order valence-corrected chi connectivity index (χ4v) is 2.48. The molecule has 1 aromatic carbocycles. The first-order chi connectivity index (χ1) is 8.93. The van der Waals surface area contributed by atoms with Crippen LogP contribution in [-0.2, 0) is 21.3 Å². The van der Waals surface area contributed by atoms with Crippen molar-refractivity contribution in [3.05, 3.63) is 29.8 Å². The van der Waals surface area contributed by atoms with Crippen molar-refractivity contribution in [3.8, 4) is 0 Å². The summed E-state index contributed by atoms with van der Waals surface area (Å²) < 4.78 is 31.5. The molecule has 0 unspecified atom stereocenters. The normalized spacial score (nSPS) is 11.8. The minimum absolute atomic E-state index is 0.0363. The van der Waals surface area contributed by atoms with Gasteiger partial charge in [0.25, 0.3) is 0 Å². The van der Waals surface area contributed by atoms with Crippen LogP contribution in [0.2, 0.25) is 0 Å². The van der Waals surface area contributed by atoms with E-state index in [0.717, 1.165) is 5.56 Å². The molecular weight excluding hydrogens is 264 g/mol. The van der Waals surface area contributed by atoms with Gasteiger partial charge in [0.15, 0.2) is 0 Å². The van der Waals surface area contributed by atoms with Crippen LogP contribution in [0.15, 0.2) is 24.3 Å². The minimum atomic E-state index is -3.36. The Balaban J connectivity index is 2.59. The van der Waals surface area contributed by atoms with Gasteiger partial charge in [0.2, 0.25) is 10.0 Å². The largest absolute Gasteiger partial charge is 0.378 e. The summed E-state index contributed by atoms with van der Waals surface area (Å²) in [5, 5.41) is 3.02. The zero-order valence-electron chi connectivity index (χ0n) is 11.6. The van der Waals surface area contributed by atoms with Crippen molar-refractivity contribution < 1.29 is 13.2 Å². The number of sulfonamides is 1. The summed E-state index contributed by atoms with van der Waals surface area (Å²) in [6.07, 6.45) is 0.0363. The van der Waals surface area contributed by atoms with Gasteiger partial charge < -0.3 is 10.1 Å². The van der Waals surface area contributed by atoms with Crippen molar-refractivity contribution >= 4 is 15.7 Å². The van der Waals surface area contributed by atoms with Crippen molar-refractivity contribution in [1.29, 1.82) is 0 Å². The van der Waals surface area contributed by atoms with E-state index in [1.54, 1.807) is 6.07 Å². The van der Waals surface area contributed by atoms with Crippen LogP contribution in [0.3, 0.4) is 0 Å². The fourth-order valence-electron chi connectivity index (χ4n) is 1.57. The summed E-state index contributed by atoms with van der Waals surface area (Å²) in [5.74, 6) is -0.0402. The number of benzene rings is 1. The smallest absolute Gasteiger partial charge is 0.235 e. The van der Waals surface area contributed by atoms with Gasteiger partial charge in [-0.15, -0.1) is 0 Å². The Hall–Kier alpha value is -1.11. The molecule has 1 aromatic rings. The van der Waals surface area contributed by atoms with Crippen molar-refractivity contribution in [2.75, 3.05) is 24.1 Å². The van der Waals surface area contributed by atoms with Gasteiger partial charge in [-0.05, 0) is 38.6 Å². The quantitative estimate of drug-likeness (QED) is 0.761. The molecule has 0 amide bonds. The second kappa shape index (κ2) is 7.47. The van der Waals surface area contributed by atoms with Crippen LogP contribution < -0.4 is 10.0 Å². The predicted molar refractivity (Wildman–Crippen MR) is 77.7 cm³/mol. The topological polar surface area (TPSA) is 67.4 Å². The molecule has 0 bridgehead atoms. The van der Waals surface area contributed by atoms with E-state index in [4.69, 9.17) is 4.74 Å². The van der Waals surface area contributed by atoms with E-state index >= 15 is 0 Å². The summed E-state index contributed by atoms with van der Waals surface area (Å²) in [6, 6.07) is 7.32. The Morgan fingerprint density at radius 2 is 2.05 bits per heavy atom. The molecule has 5 nitrogen and oxygen atoms in total. The molecule has 0 atom stereocenters. The number of ether oxygens (including phenoxy) is 1. The molecule has 0 aliphatic heterocycles. The molecular formula is C13H22N2O3S. The van der Waals surface area contributed by atoms with Crippen LogP contribution in [0.1, 0.15) is 19.4 Å². The maximum Gasteiger partial charge on any atom is 0.235 e. The third-order valence-corrected chi connectivity index (χ3v) is 3.64. The standard InChI is InChI=1S/C13H22N2O3S/c1-11(2)18-7-8-19(16,17)15-13-6-4-5-12(9-13)10-14-3/h4-6,9,11,14-15H,7-8,10H2,1-3H3. The molecule has 0 saturated carbocycles. The van der Waals surface area contributed by atoms with Crippen LogP contribution >= 0.6 is 0 Å². The molecule has 19 heavy (non-hydrogen) atoms. The minimum Gasteiger partial charge on any atom is -0.378 e. The Labute approximate surface area is 115 Å². The molecule has 0 saturated heterocycles. The van der Waals surface area contributed by atoms with Crippen molar-refractivity contribution in [2.24, 2.45) is 0 Å². The lowest BCUT2D eigenvalue weighted by atomic mass is 10.2. The summed E-state index contributed by atoms with van der Waals surface area (Å²) in [7, 11) is -1.51. The number of hydrogen-bond acceptors (Lipinski definition) is 4. The van der Waals surface area contributed by atoms with Crippen LogP contribution in [0.5, 0.6) is 0 Å². The van der Waals surface area contributed by atoms with Crippen LogP contribution in [-0.4, -0.2) is 33.9 Å². The van der Waals surface area contributed by atoms with Crippen LogP contribution in [0, 0.1) is 0 Å². The molecule has 0 aromatic heterocycles. The second-order valence-corrected chi connectivity index (χ2v) is 6.41. The highest BCUT2D eigenvalue weighted by molar-refractivity contribution is 7.92. The lowest BCUT2D eigenvalue weighted by molar-refractivity contribution is 0.0913. The highest BCUT2D eigenvalue weighted by Crippen LogP contribution is 2.12. The van der Waals surface area contributed by atoms with Crippen LogP contribution in [0.25, 0.3) is 0 Å².